The summed E-state index contributed by atoms with van der Waals surface area (Å²) in [4.78, 5) is 12.4. The quantitative estimate of drug-likeness (QED) is 0.702. The summed E-state index contributed by atoms with van der Waals surface area (Å²) in [7, 11) is 1.81. The maximum atomic E-state index is 12.4. The van der Waals surface area contributed by atoms with E-state index < -0.39 is 0 Å². The molecule has 0 saturated carbocycles. The fourth-order valence-electron chi connectivity index (χ4n) is 2.04. The second-order valence-electron chi connectivity index (χ2n) is 5.59. The molecule has 4 nitrogen and oxygen atoms in total. The summed E-state index contributed by atoms with van der Waals surface area (Å²) in [5.74, 6) is -0.494. The first-order valence-electron chi connectivity index (χ1n) is 5.77. The summed E-state index contributed by atoms with van der Waals surface area (Å²) >= 11 is 0. The maximum Gasteiger partial charge on any atom is 0.193 e. The lowest BCUT2D eigenvalue weighted by molar-refractivity contribution is 0.404. The molecular formula is C14H17NO3. The standard InChI is InChI=1S/C14H17NO3/c1-14(2,3)9-7-15(4)10-6-12(17)11(16)5-8(10)13(9)18/h5-7,16-17H,1-4H3. The minimum atomic E-state index is -0.273. The second kappa shape index (κ2) is 3.77. The lowest BCUT2D eigenvalue weighted by Crippen LogP contribution is -2.24. The molecule has 1 heterocycles. The molecule has 0 bridgehead atoms. The van der Waals surface area contributed by atoms with Gasteiger partial charge in [0, 0.05) is 30.3 Å². The molecule has 0 radical (unpaired) electrons. The van der Waals surface area contributed by atoms with Gasteiger partial charge in [0.1, 0.15) is 0 Å². The van der Waals surface area contributed by atoms with Crippen LogP contribution in [0.2, 0.25) is 0 Å². The van der Waals surface area contributed by atoms with Crippen molar-refractivity contribution in [3.63, 3.8) is 0 Å². The number of hydrogen-bond donors (Lipinski definition) is 2. The lowest BCUT2D eigenvalue weighted by atomic mass is 9.87. The molecule has 1 aromatic heterocycles. The minimum Gasteiger partial charge on any atom is -0.504 e. The molecule has 0 unspecified atom stereocenters. The van der Waals surface area contributed by atoms with Crippen LogP contribution < -0.4 is 5.43 Å². The first-order valence-corrected chi connectivity index (χ1v) is 5.77. The fraction of sp³-hybridized carbons (Fsp3) is 0.357. The number of pyridine rings is 1. The Bertz CT molecular complexity index is 678. The Morgan fingerprint density at radius 3 is 2.22 bits per heavy atom. The molecule has 0 aliphatic carbocycles. The van der Waals surface area contributed by atoms with Crippen LogP contribution in [0.3, 0.4) is 0 Å². The molecule has 0 spiro atoms. The van der Waals surface area contributed by atoms with Gasteiger partial charge in [0.15, 0.2) is 16.9 Å². The van der Waals surface area contributed by atoms with Crippen LogP contribution in [0.25, 0.3) is 10.9 Å². The topological polar surface area (TPSA) is 62.5 Å². The number of nitrogens with zero attached hydrogens (tertiary/aromatic N) is 1. The molecule has 4 heteroatoms. The van der Waals surface area contributed by atoms with Crippen molar-refractivity contribution in [2.75, 3.05) is 0 Å². The zero-order valence-electron chi connectivity index (χ0n) is 11.0. The van der Waals surface area contributed by atoms with E-state index in [0.717, 1.165) is 0 Å². The van der Waals surface area contributed by atoms with Gasteiger partial charge in [0.05, 0.1) is 5.52 Å². The van der Waals surface area contributed by atoms with Crippen molar-refractivity contribution in [1.29, 1.82) is 0 Å². The Kier molecular flexibility index (Phi) is 2.61. The van der Waals surface area contributed by atoms with E-state index in [-0.39, 0.29) is 22.3 Å². The normalized spacial score (nSPS) is 12.0. The highest BCUT2D eigenvalue weighted by Gasteiger charge is 2.20. The monoisotopic (exact) mass is 247 g/mol. The SMILES string of the molecule is Cn1cc(C(C)(C)C)c(=O)c2cc(O)c(O)cc21. The van der Waals surface area contributed by atoms with Gasteiger partial charge in [0.2, 0.25) is 0 Å². The summed E-state index contributed by atoms with van der Waals surface area (Å²) in [6.45, 7) is 5.90. The summed E-state index contributed by atoms with van der Waals surface area (Å²) < 4.78 is 1.79. The van der Waals surface area contributed by atoms with E-state index in [1.165, 1.54) is 12.1 Å². The van der Waals surface area contributed by atoms with Crippen molar-refractivity contribution in [3.8, 4) is 11.5 Å². The van der Waals surface area contributed by atoms with Gasteiger partial charge in [0.25, 0.3) is 0 Å². The highest BCUT2D eigenvalue weighted by Crippen LogP contribution is 2.30. The second-order valence-corrected chi connectivity index (χ2v) is 5.59. The van der Waals surface area contributed by atoms with E-state index in [0.29, 0.717) is 16.5 Å². The van der Waals surface area contributed by atoms with Crippen molar-refractivity contribution in [2.24, 2.45) is 7.05 Å². The van der Waals surface area contributed by atoms with Gasteiger partial charge >= 0.3 is 0 Å². The van der Waals surface area contributed by atoms with E-state index in [1.54, 1.807) is 10.8 Å². The van der Waals surface area contributed by atoms with Crippen LogP contribution in [-0.4, -0.2) is 14.8 Å². The number of rotatable bonds is 0. The zero-order valence-corrected chi connectivity index (χ0v) is 11.0. The van der Waals surface area contributed by atoms with Crippen LogP contribution in [0.5, 0.6) is 11.5 Å². The highest BCUT2D eigenvalue weighted by atomic mass is 16.3. The van der Waals surface area contributed by atoms with Crippen molar-refractivity contribution in [2.45, 2.75) is 26.2 Å². The fourth-order valence-corrected chi connectivity index (χ4v) is 2.04. The molecule has 1 aromatic carbocycles. The van der Waals surface area contributed by atoms with Crippen LogP contribution in [0, 0.1) is 0 Å². The highest BCUT2D eigenvalue weighted by molar-refractivity contribution is 5.83. The van der Waals surface area contributed by atoms with Gasteiger partial charge in [-0.1, -0.05) is 20.8 Å². The zero-order chi connectivity index (χ0) is 13.7. The van der Waals surface area contributed by atoms with Crippen LogP contribution in [-0.2, 0) is 12.5 Å². The minimum absolute atomic E-state index is 0.106. The van der Waals surface area contributed by atoms with Gasteiger partial charge in [-0.3, -0.25) is 4.79 Å². The van der Waals surface area contributed by atoms with Gasteiger partial charge in [-0.15, -0.1) is 0 Å². The van der Waals surface area contributed by atoms with Gasteiger partial charge in [-0.2, -0.15) is 0 Å². The Hall–Kier alpha value is -1.97. The van der Waals surface area contributed by atoms with E-state index in [9.17, 15) is 15.0 Å². The predicted octanol–water partition coefficient (Wildman–Crippen LogP) is 2.25. The van der Waals surface area contributed by atoms with Crippen molar-refractivity contribution >= 4 is 10.9 Å². The summed E-state index contributed by atoms with van der Waals surface area (Å²) in [6, 6.07) is 2.72. The molecular weight excluding hydrogens is 230 g/mol. The number of benzene rings is 1. The lowest BCUT2D eigenvalue weighted by Gasteiger charge is -2.20. The summed E-state index contributed by atoms with van der Waals surface area (Å²) in [5.41, 5.74) is 0.910. The molecule has 0 aliphatic rings. The number of aromatic nitrogens is 1. The molecule has 2 aromatic rings. The van der Waals surface area contributed by atoms with Crippen molar-refractivity contribution < 1.29 is 10.2 Å². The van der Waals surface area contributed by atoms with E-state index in [4.69, 9.17) is 0 Å². The molecule has 0 saturated heterocycles. The van der Waals surface area contributed by atoms with E-state index in [2.05, 4.69) is 0 Å². The molecule has 0 amide bonds. The smallest absolute Gasteiger partial charge is 0.193 e. The van der Waals surface area contributed by atoms with Crippen LogP contribution in [0.15, 0.2) is 23.1 Å². The third kappa shape index (κ3) is 1.83. The maximum absolute atomic E-state index is 12.4. The van der Waals surface area contributed by atoms with Crippen molar-refractivity contribution in [1.82, 2.24) is 4.57 Å². The molecule has 0 fully saturated rings. The summed E-state index contributed by atoms with van der Waals surface area (Å²) in [5, 5.41) is 19.4. The number of phenols is 2. The third-order valence-electron chi connectivity index (χ3n) is 3.09. The Balaban J connectivity index is 2.96. The Morgan fingerprint density at radius 1 is 1.11 bits per heavy atom. The third-order valence-corrected chi connectivity index (χ3v) is 3.09. The van der Waals surface area contributed by atoms with Crippen LogP contribution in [0.4, 0.5) is 0 Å². The van der Waals surface area contributed by atoms with Crippen LogP contribution in [0.1, 0.15) is 26.3 Å². The molecule has 96 valence electrons. The number of aryl methyl sites for hydroxylation is 1. The average molecular weight is 247 g/mol. The van der Waals surface area contributed by atoms with E-state index in [1.807, 2.05) is 27.8 Å². The largest absolute Gasteiger partial charge is 0.504 e. The number of phenolic OH excluding ortho intramolecular Hbond substituents is 2. The number of aromatic hydroxyl groups is 2. The van der Waals surface area contributed by atoms with E-state index >= 15 is 0 Å². The average Bonchev–Trinajstić information content (AvgIpc) is 2.24. The van der Waals surface area contributed by atoms with Gasteiger partial charge < -0.3 is 14.8 Å². The number of fused-ring (bicyclic) bond motifs is 1. The Labute approximate surface area is 105 Å². The first kappa shape index (κ1) is 12.5. The molecule has 18 heavy (non-hydrogen) atoms. The molecule has 2 N–H and O–H groups in total. The predicted molar refractivity (Wildman–Crippen MR) is 71.2 cm³/mol. The van der Waals surface area contributed by atoms with Gasteiger partial charge in [-0.05, 0) is 11.5 Å². The first-order chi connectivity index (χ1) is 8.21. The molecule has 0 atom stereocenters. The Morgan fingerprint density at radius 2 is 1.67 bits per heavy atom. The van der Waals surface area contributed by atoms with Crippen molar-refractivity contribution in [3.05, 3.63) is 34.1 Å². The molecule has 0 aliphatic heterocycles. The summed E-state index contributed by atoms with van der Waals surface area (Å²) in [6.07, 6.45) is 1.78. The van der Waals surface area contributed by atoms with Crippen LogP contribution >= 0.6 is 0 Å². The number of hydrogen-bond acceptors (Lipinski definition) is 3. The van der Waals surface area contributed by atoms with Gasteiger partial charge in [-0.25, -0.2) is 0 Å². The molecule has 2 rings (SSSR count).